The van der Waals surface area contributed by atoms with Crippen LogP contribution in [0.3, 0.4) is 0 Å². The molecule has 0 saturated carbocycles. The van der Waals surface area contributed by atoms with Crippen molar-refractivity contribution in [3.63, 3.8) is 0 Å². The molecular weight excluding hydrogens is 244 g/mol. The third-order valence-corrected chi connectivity index (χ3v) is 3.40. The van der Waals surface area contributed by atoms with Crippen LogP contribution in [0.25, 0.3) is 11.1 Å². The van der Waals surface area contributed by atoms with Gasteiger partial charge in [-0.2, -0.15) is 0 Å². The Hall–Kier alpha value is -1.76. The molecular formula is C19H24O. The van der Waals surface area contributed by atoms with Gasteiger partial charge in [0.2, 0.25) is 0 Å². The lowest BCUT2D eigenvalue weighted by molar-refractivity contribution is 0.316. The van der Waals surface area contributed by atoms with Crippen LogP contribution in [0.15, 0.2) is 30.3 Å². The maximum atomic E-state index is 6.01. The molecule has 0 radical (unpaired) electrons. The van der Waals surface area contributed by atoms with E-state index in [2.05, 4.69) is 65.0 Å². The Morgan fingerprint density at radius 3 is 2.00 bits per heavy atom. The van der Waals surface area contributed by atoms with E-state index in [-0.39, 0.29) is 0 Å². The summed E-state index contributed by atoms with van der Waals surface area (Å²) in [6.07, 6.45) is 1.03. The van der Waals surface area contributed by atoms with Crippen molar-refractivity contribution in [2.45, 2.75) is 41.0 Å². The lowest BCUT2D eigenvalue weighted by atomic mass is 9.96. The fourth-order valence-corrected chi connectivity index (χ4v) is 2.69. The summed E-state index contributed by atoms with van der Waals surface area (Å²) in [5, 5.41) is 0. The molecule has 0 fully saturated rings. The van der Waals surface area contributed by atoms with E-state index in [1.165, 1.54) is 33.4 Å². The summed E-state index contributed by atoms with van der Waals surface area (Å²) >= 11 is 0. The van der Waals surface area contributed by atoms with Gasteiger partial charge in [0.15, 0.2) is 0 Å². The molecule has 106 valence electrons. The number of rotatable bonds is 4. The smallest absolute Gasteiger partial charge is 0.130 e. The standard InChI is InChI=1S/C19H24O/c1-6-7-20-19-16(5)9-15(4)12-18(19)17-10-13(2)8-14(3)11-17/h8-12H,6-7H2,1-5H3. The van der Waals surface area contributed by atoms with Gasteiger partial charge in [-0.15, -0.1) is 0 Å². The summed E-state index contributed by atoms with van der Waals surface area (Å²) in [5.74, 6) is 1.03. The van der Waals surface area contributed by atoms with Crippen LogP contribution < -0.4 is 4.74 Å². The zero-order valence-electron chi connectivity index (χ0n) is 13.2. The van der Waals surface area contributed by atoms with Gasteiger partial charge in [-0.3, -0.25) is 0 Å². The van der Waals surface area contributed by atoms with Crippen LogP contribution in [-0.4, -0.2) is 6.61 Å². The zero-order valence-corrected chi connectivity index (χ0v) is 13.2. The average molecular weight is 268 g/mol. The molecule has 2 aromatic carbocycles. The molecule has 2 aromatic rings. The van der Waals surface area contributed by atoms with Crippen LogP contribution in [0.5, 0.6) is 5.75 Å². The Labute approximate surface area is 122 Å². The van der Waals surface area contributed by atoms with Crippen molar-refractivity contribution in [2.24, 2.45) is 0 Å². The third-order valence-electron chi connectivity index (χ3n) is 3.40. The zero-order chi connectivity index (χ0) is 14.7. The molecule has 0 heterocycles. The second-order valence-electron chi connectivity index (χ2n) is 5.68. The second kappa shape index (κ2) is 6.13. The molecule has 1 nitrogen and oxygen atoms in total. The molecule has 0 saturated heterocycles. The minimum atomic E-state index is 0.766. The molecule has 0 atom stereocenters. The first-order valence-electron chi connectivity index (χ1n) is 7.34. The van der Waals surface area contributed by atoms with Crippen LogP contribution in [0.4, 0.5) is 0 Å². The fourth-order valence-electron chi connectivity index (χ4n) is 2.69. The monoisotopic (exact) mass is 268 g/mol. The van der Waals surface area contributed by atoms with Gasteiger partial charge in [0.1, 0.15) is 5.75 Å². The molecule has 0 aromatic heterocycles. The highest BCUT2D eigenvalue weighted by Crippen LogP contribution is 2.35. The van der Waals surface area contributed by atoms with Crippen LogP contribution in [0, 0.1) is 27.7 Å². The van der Waals surface area contributed by atoms with Crippen molar-refractivity contribution in [3.8, 4) is 16.9 Å². The molecule has 20 heavy (non-hydrogen) atoms. The van der Waals surface area contributed by atoms with E-state index < -0.39 is 0 Å². The van der Waals surface area contributed by atoms with E-state index in [0.29, 0.717) is 0 Å². The second-order valence-corrected chi connectivity index (χ2v) is 5.68. The lowest BCUT2D eigenvalue weighted by Crippen LogP contribution is -2.00. The van der Waals surface area contributed by atoms with Crippen molar-refractivity contribution in [3.05, 3.63) is 52.6 Å². The number of hydrogen-bond acceptors (Lipinski definition) is 1. The van der Waals surface area contributed by atoms with E-state index in [4.69, 9.17) is 4.74 Å². The number of aryl methyl sites for hydroxylation is 4. The van der Waals surface area contributed by atoms with Crippen molar-refractivity contribution in [1.29, 1.82) is 0 Å². The van der Waals surface area contributed by atoms with Gasteiger partial charge < -0.3 is 4.74 Å². The normalized spacial score (nSPS) is 10.7. The Kier molecular flexibility index (Phi) is 4.49. The summed E-state index contributed by atoms with van der Waals surface area (Å²) in [5.41, 5.74) is 7.54. The summed E-state index contributed by atoms with van der Waals surface area (Å²) in [4.78, 5) is 0. The van der Waals surface area contributed by atoms with E-state index in [9.17, 15) is 0 Å². The Morgan fingerprint density at radius 2 is 1.40 bits per heavy atom. The number of benzene rings is 2. The SMILES string of the molecule is CCCOc1c(C)cc(C)cc1-c1cc(C)cc(C)c1. The average Bonchev–Trinajstić information content (AvgIpc) is 2.35. The quantitative estimate of drug-likeness (QED) is 0.723. The minimum absolute atomic E-state index is 0.766. The van der Waals surface area contributed by atoms with Crippen molar-refractivity contribution < 1.29 is 4.74 Å². The molecule has 2 rings (SSSR count). The van der Waals surface area contributed by atoms with Crippen LogP contribution in [0.2, 0.25) is 0 Å². The van der Waals surface area contributed by atoms with Gasteiger partial charge in [-0.05, 0) is 56.9 Å². The largest absolute Gasteiger partial charge is 0.493 e. The predicted molar refractivity (Wildman–Crippen MR) is 86.6 cm³/mol. The van der Waals surface area contributed by atoms with Gasteiger partial charge in [-0.25, -0.2) is 0 Å². The van der Waals surface area contributed by atoms with Crippen molar-refractivity contribution >= 4 is 0 Å². The highest BCUT2D eigenvalue weighted by atomic mass is 16.5. The molecule has 0 amide bonds. The summed E-state index contributed by atoms with van der Waals surface area (Å²) in [7, 11) is 0. The first-order valence-corrected chi connectivity index (χ1v) is 7.34. The van der Waals surface area contributed by atoms with E-state index in [1.54, 1.807) is 0 Å². The van der Waals surface area contributed by atoms with Crippen LogP contribution >= 0.6 is 0 Å². The van der Waals surface area contributed by atoms with Crippen molar-refractivity contribution in [2.75, 3.05) is 6.61 Å². The summed E-state index contributed by atoms with van der Waals surface area (Å²) < 4.78 is 6.01. The van der Waals surface area contributed by atoms with E-state index in [0.717, 1.165) is 18.8 Å². The van der Waals surface area contributed by atoms with Crippen LogP contribution in [-0.2, 0) is 0 Å². The highest BCUT2D eigenvalue weighted by molar-refractivity contribution is 5.74. The molecule has 0 aliphatic rings. The number of ether oxygens (including phenoxy) is 1. The van der Waals surface area contributed by atoms with Crippen LogP contribution in [0.1, 0.15) is 35.6 Å². The lowest BCUT2D eigenvalue weighted by Gasteiger charge is -2.16. The fraction of sp³-hybridized carbons (Fsp3) is 0.368. The van der Waals surface area contributed by atoms with Gasteiger partial charge in [0.05, 0.1) is 6.61 Å². The third kappa shape index (κ3) is 3.22. The summed E-state index contributed by atoms with van der Waals surface area (Å²) in [6, 6.07) is 11.1. The highest BCUT2D eigenvalue weighted by Gasteiger charge is 2.11. The Bertz CT molecular complexity index is 591. The van der Waals surface area contributed by atoms with E-state index >= 15 is 0 Å². The molecule has 0 unspecified atom stereocenters. The Balaban J connectivity index is 2.58. The Morgan fingerprint density at radius 1 is 0.800 bits per heavy atom. The molecule has 0 bridgehead atoms. The van der Waals surface area contributed by atoms with Gasteiger partial charge >= 0.3 is 0 Å². The van der Waals surface area contributed by atoms with Crippen molar-refractivity contribution in [1.82, 2.24) is 0 Å². The number of hydrogen-bond donors (Lipinski definition) is 0. The maximum absolute atomic E-state index is 6.01. The van der Waals surface area contributed by atoms with Gasteiger partial charge in [-0.1, -0.05) is 42.3 Å². The molecule has 1 heteroatoms. The van der Waals surface area contributed by atoms with Gasteiger partial charge in [0, 0.05) is 5.56 Å². The topological polar surface area (TPSA) is 9.23 Å². The molecule has 0 N–H and O–H groups in total. The first-order chi connectivity index (χ1) is 9.51. The van der Waals surface area contributed by atoms with Gasteiger partial charge in [0.25, 0.3) is 0 Å². The molecule has 0 spiro atoms. The molecule has 0 aliphatic heterocycles. The predicted octanol–water partition coefficient (Wildman–Crippen LogP) is 5.38. The maximum Gasteiger partial charge on any atom is 0.130 e. The molecule has 0 aliphatic carbocycles. The summed E-state index contributed by atoms with van der Waals surface area (Å²) in [6.45, 7) is 11.5. The first kappa shape index (κ1) is 14.6. The minimum Gasteiger partial charge on any atom is -0.493 e. The van der Waals surface area contributed by atoms with E-state index in [1.807, 2.05) is 0 Å².